The first-order chi connectivity index (χ1) is 19.5. The van der Waals surface area contributed by atoms with Crippen molar-refractivity contribution in [1.29, 1.82) is 0 Å². The number of ether oxygens (including phenoxy) is 2. The molecule has 214 valence electrons. The summed E-state index contributed by atoms with van der Waals surface area (Å²) in [6.45, 7) is 14.0. The lowest BCUT2D eigenvalue weighted by molar-refractivity contribution is -0.132. The van der Waals surface area contributed by atoms with Gasteiger partial charge in [-0.2, -0.15) is 0 Å². The molecule has 1 aliphatic rings. The number of esters is 1. The fourth-order valence-electron chi connectivity index (χ4n) is 4.47. The van der Waals surface area contributed by atoms with E-state index in [0.29, 0.717) is 29.2 Å². The number of hydrogen-bond donors (Lipinski definition) is 1. The number of carbonyl (C=O) groups is 3. The number of benzene rings is 2. The van der Waals surface area contributed by atoms with E-state index in [-0.39, 0.29) is 33.4 Å². The zero-order valence-electron chi connectivity index (χ0n) is 23.9. The second-order valence-corrected chi connectivity index (χ2v) is 11.7. The minimum absolute atomic E-state index is 0.0262. The largest absolute Gasteiger partial charge is 0.507 e. The number of aliphatic hydroxyl groups excluding tert-OH is 1. The number of aryl methyl sites for hydroxylation is 1. The van der Waals surface area contributed by atoms with Crippen molar-refractivity contribution in [3.05, 3.63) is 94.0 Å². The van der Waals surface area contributed by atoms with Gasteiger partial charge >= 0.3 is 11.9 Å². The number of nitrogens with zero attached hydrogens (tertiary/aromatic N) is 2. The number of Topliss-reactive ketones (excluding diaryl/α,β-unsaturated/α-hetero) is 1. The van der Waals surface area contributed by atoms with E-state index in [1.807, 2.05) is 31.2 Å². The second-order valence-electron chi connectivity index (χ2n) is 10.7. The van der Waals surface area contributed by atoms with Crippen molar-refractivity contribution in [2.45, 2.75) is 52.5 Å². The highest BCUT2D eigenvalue weighted by atomic mass is 32.1. The van der Waals surface area contributed by atoms with Crippen LogP contribution in [0.15, 0.2) is 66.8 Å². The standard InChI is InChI=1S/C32H34N2O6S/c1-7-17-39-23-15-11-21(12-16-23)26(35)24-25(20-9-13-22(14-10-20)32(4,5)6)34(29(37)27(24)36)31-33-19(3)28(41-31)30(38)40-18-8-2/h8-16,25,35H,2,7,17-18H2,1,3-6H3/b26-24+. The number of thiazole rings is 1. The maximum Gasteiger partial charge on any atom is 0.350 e. The first kappa shape index (κ1) is 29.7. The lowest BCUT2D eigenvalue weighted by Gasteiger charge is -2.24. The molecule has 9 heteroatoms. The quantitative estimate of drug-likeness (QED) is 0.102. The molecule has 4 rings (SSSR count). The van der Waals surface area contributed by atoms with Crippen molar-refractivity contribution >= 4 is 39.9 Å². The Hall–Kier alpha value is -4.24. The molecule has 41 heavy (non-hydrogen) atoms. The Morgan fingerprint density at radius 3 is 2.37 bits per heavy atom. The van der Waals surface area contributed by atoms with Gasteiger partial charge < -0.3 is 14.6 Å². The summed E-state index contributed by atoms with van der Waals surface area (Å²) in [6.07, 6.45) is 2.31. The molecule has 0 spiro atoms. The van der Waals surface area contributed by atoms with Gasteiger partial charge in [0.1, 0.15) is 23.0 Å². The van der Waals surface area contributed by atoms with E-state index in [0.717, 1.165) is 23.3 Å². The maximum absolute atomic E-state index is 13.5. The van der Waals surface area contributed by atoms with Crippen LogP contribution in [0.2, 0.25) is 0 Å². The van der Waals surface area contributed by atoms with Crippen LogP contribution in [0.25, 0.3) is 5.76 Å². The van der Waals surface area contributed by atoms with Gasteiger partial charge in [-0.25, -0.2) is 9.78 Å². The third-order valence-electron chi connectivity index (χ3n) is 6.65. The normalized spacial score (nSPS) is 16.6. The molecule has 1 fully saturated rings. The molecule has 1 unspecified atom stereocenters. The minimum Gasteiger partial charge on any atom is -0.507 e. The van der Waals surface area contributed by atoms with Crippen molar-refractivity contribution in [2.75, 3.05) is 18.1 Å². The highest BCUT2D eigenvalue weighted by molar-refractivity contribution is 7.17. The molecule has 8 nitrogen and oxygen atoms in total. The number of aromatic nitrogens is 1. The molecule has 0 saturated carbocycles. The number of aliphatic hydroxyl groups is 1. The maximum atomic E-state index is 13.5. The smallest absolute Gasteiger partial charge is 0.350 e. The molecule has 3 aromatic rings. The Morgan fingerprint density at radius 2 is 1.78 bits per heavy atom. The molecule has 1 aromatic heterocycles. The Balaban J connectivity index is 1.85. The van der Waals surface area contributed by atoms with Gasteiger partial charge in [0.25, 0.3) is 5.78 Å². The number of anilines is 1. The summed E-state index contributed by atoms with van der Waals surface area (Å²) in [6, 6.07) is 13.3. The third kappa shape index (κ3) is 6.10. The number of hydrogen-bond acceptors (Lipinski definition) is 8. The summed E-state index contributed by atoms with van der Waals surface area (Å²) in [5, 5.41) is 11.6. The first-order valence-corrected chi connectivity index (χ1v) is 14.2. The molecule has 1 atom stereocenters. The van der Waals surface area contributed by atoms with Crippen LogP contribution in [0.5, 0.6) is 5.75 Å². The lowest BCUT2D eigenvalue weighted by Crippen LogP contribution is -2.29. The molecule has 0 radical (unpaired) electrons. The molecule has 1 N–H and O–H groups in total. The molecule has 1 aliphatic heterocycles. The fourth-order valence-corrected chi connectivity index (χ4v) is 5.46. The summed E-state index contributed by atoms with van der Waals surface area (Å²) in [5.74, 6) is -1.97. The van der Waals surface area contributed by atoms with Crippen molar-refractivity contribution in [1.82, 2.24) is 4.98 Å². The Kier molecular flexibility index (Phi) is 8.77. The molecule has 0 aliphatic carbocycles. The van der Waals surface area contributed by atoms with Crippen LogP contribution in [0.1, 0.15) is 72.2 Å². The van der Waals surface area contributed by atoms with Gasteiger partial charge in [-0.05, 0) is 54.2 Å². The molecular formula is C32H34N2O6S. The minimum atomic E-state index is -0.970. The number of rotatable bonds is 9. The first-order valence-electron chi connectivity index (χ1n) is 13.4. The second kappa shape index (κ2) is 12.1. The van der Waals surface area contributed by atoms with E-state index < -0.39 is 23.7 Å². The van der Waals surface area contributed by atoms with Crippen LogP contribution in [0, 0.1) is 6.92 Å². The summed E-state index contributed by atoms with van der Waals surface area (Å²) in [4.78, 5) is 45.6. The van der Waals surface area contributed by atoms with Crippen LogP contribution in [0.4, 0.5) is 5.13 Å². The lowest BCUT2D eigenvalue weighted by atomic mass is 9.85. The van der Waals surface area contributed by atoms with Crippen molar-refractivity contribution < 1.29 is 29.0 Å². The van der Waals surface area contributed by atoms with Gasteiger partial charge in [0.15, 0.2) is 5.13 Å². The average molecular weight is 575 g/mol. The molecule has 1 amide bonds. The summed E-state index contributed by atoms with van der Waals surface area (Å²) < 4.78 is 10.8. The molecule has 0 bridgehead atoms. The van der Waals surface area contributed by atoms with Crippen LogP contribution in [-0.4, -0.2) is 41.0 Å². The van der Waals surface area contributed by atoms with Gasteiger partial charge in [-0.3, -0.25) is 14.5 Å². The van der Waals surface area contributed by atoms with Crippen LogP contribution in [-0.2, 0) is 19.7 Å². The van der Waals surface area contributed by atoms with Crippen LogP contribution in [0.3, 0.4) is 0 Å². The fraction of sp³-hybridized carbons (Fsp3) is 0.312. The third-order valence-corrected chi connectivity index (χ3v) is 7.78. The zero-order valence-corrected chi connectivity index (χ0v) is 24.7. The summed E-state index contributed by atoms with van der Waals surface area (Å²) in [5.41, 5.74) is 2.24. The predicted octanol–water partition coefficient (Wildman–Crippen LogP) is 6.51. The van der Waals surface area contributed by atoms with Crippen molar-refractivity contribution in [3.8, 4) is 5.75 Å². The van der Waals surface area contributed by atoms with E-state index in [1.165, 1.54) is 11.0 Å². The molecular weight excluding hydrogens is 540 g/mol. The highest BCUT2D eigenvalue weighted by Gasteiger charge is 2.48. The highest BCUT2D eigenvalue weighted by Crippen LogP contribution is 2.44. The van der Waals surface area contributed by atoms with E-state index in [9.17, 15) is 19.5 Å². The van der Waals surface area contributed by atoms with Crippen molar-refractivity contribution in [2.24, 2.45) is 0 Å². The van der Waals surface area contributed by atoms with E-state index in [1.54, 1.807) is 31.2 Å². The SMILES string of the molecule is C=CCOC(=O)c1sc(N2C(=O)C(=O)/C(=C(/O)c3ccc(OCCC)cc3)C2c2ccc(C(C)(C)C)cc2)nc1C. The number of ketones is 1. The monoisotopic (exact) mass is 574 g/mol. The van der Waals surface area contributed by atoms with Gasteiger partial charge in [0.05, 0.1) is 23.9 Å². The van der Waals surface area contributed by atoms with E-state index >= 15 is 0 Å². The Labute approximate surface area is 243 Å². The Bertz CT molecular complexity index is 1500. The molecule has 2 heterocycles. The number of amides is 1. The van der Waals surface area contributed by atoms with Gasteiger partial charge in [0.2, 0.25) is 0 Å². The van der Waals surface area contributed by atoms with Crippen molar-refractivity contribution in [3.63, 3.8) is 0 Å². The van der Waals surface area contributed by atoms with Gasteiger partial charge in [-0.15, -0.1) is 0 Å². The summed E-state index contributed by atoms with van der Waals surface area (Å²) >= 11 is 0.958. The summed E-state index contributed by atoms with van der Waals surface area (Å²) in [7, 11) is 0. The van der Waals surface area contributed by atoms with Crippen LogP contribution >= 0.6 is 11.3 Å². The van der Waals surface area contributed by atoms with Gasteiger partial charge in [0, 0.05) is 5.56 Å². The average Bonchev–Trinajstić information content (AvgIpc) is 3.46. The van der Waals surface area contributed by atoms with Crippen LogP contribution < -0.4 is 9.64 Å². The molecule has 2 aromatic carbocycles. The number of carbonyl (C=O) groups excluding carboxylic acids is 3. The topological polar surface area (TPSA) is 106 Å². The van der Waals surface area contributed by atoms with Gasteiger partial charge in [-0.1, -0.05) is 76.0 Å². The predicted molar refractivity (Wildman–Crippen MR) is 159 cm³/mol. The van der Waals surface area contributed by atoms with E-state index in [2.05, 4.69) is 32.3 Å². The zero-order chi connectivity index (χ0) is 29.9. The Morgan fingerprint density at radius 1 is 1.12 bits per heavy atom. The molecule has 1 saturated heterocycles. The van der Waals surface area contributed by atoms with E-state index in [4.69, 9.17) is 9.47 Å².